The highest BCUT2D eigenvalue weighted by atomic mass is 79.9. The van der Waals surface area contributed by atoms with Crippen molar-refractivity contribution < 1.29 is 19.1 Å². The van der Waals surface area contributed by atoms with E-state index >= 15 is 0 Å². The molecule has 0 aliphatic carbocycles. The molecular formula is C20H25BrN4O4. The Hall–Kier alpha value is -2.81. The Balaban J connectivity index is 2.20. The van der Waals surface area contributed by atoms with E-state index < -0.39 is 23.8 Å². The number of carbonyl (C=O) groups is 2. The molecule has 0 unspecified atom stereocenters. The smallest absolute Gasteiger partial charge is 0.411 e. The standard InChI is InChI=1S/C20H25BrN4O4/c1-6-7-15(25-19(27)29-20(2,3)4)17-22-11-16(24-17)13-9-8-12(10-14(13)21)23-18(26)28-5/h6,8-11,15H,1,7H2,2-5H3,(H,22,24)(H,23,26)(H,25,27)/t15-/m0/s1. The van der Waals surface area contributed by atoms with Gasteiger partial charge < -0.3 is 19.8 Å². The summed E-state index contributed by atoms with van der Waals surface area (Å²) in [5.74, 6) is 0.578. The molecule has 3 N–H and O–H groups in total. The van der Waals surface area contributed by atoms with Crippen molar-refractivity contribution in [1.29, 1.82) is 0 Å². The Morgan fingerprint density at radius 1 is 1.34 bits per heavy atom. The van der Waals surface area contributed by atoms with Crippen LogP contribution < -0.4 is 10.6 Å². The molecule has 1 aromatic heterocycles. The van der Waals surface area contributed by atoms with Gasteiger partial charge in [-0.2, -0.15) is 0 Å². The number of nitrogens with one attached hydrogen (secondary N) is 3. The van der Waals surface area contributed by atoms with Gasteiger partial charge in [0.05, 0.1) is 25.0 Å². The molecule has 9 heteroatoms. The summed E-state index contributed by atoms with van der Waals surface area (Å²) in [7, 11) is 1.30. The molecule has 0 spiro atoms. The molecule has 0 saturated carbocycles. The van der Waals surface area contributed by atoms with Crippen LogP contribution in [-0.2, 0) is 9.47 Å². The fraction of sp³-hybridized carbons (Fsp3) is 0.350. The lowest BCUT2D eigenvalue weighted by atomic mass is 10.1. The number of halogens is 1. The van der Waals surface area contributed by atoms with Gasteiger partial charge in [-0.1, -0.05) is 22.0 Å². The number of ether oxygens (including phenoxy) is 2. The Morgan fingerprint density at radius 3 is 2.66 bits per heavy atom. The molecule has 0 aliphatic heterocycles. The molecule has 2 rings (SSSR count). The van der Waals surface area contributed by atoms with E-state index in [9.17, 15) is 9.59 Å². The molecule has 156 valence electrons. The predicted octanol–water partition coefficient (Wildman–Crippen LogP) is 5.16. The molecule has 1 atom stereocenters. The summed E-state index contributed by atoms with van der Waals surface area (Å²) in [5, 5.41) is 5.41. The van der Waals surface area contributed by atoms with E-state index in [0.29, 0.717) is 17.9 Å². The van der Waals surface area contributed by atoms with Gasteiger partial charge in [0.2, 0.25) is 0 Å². The minimum Gasteiger partial charge on any atom is -0.453 e. The average molecular weight is 465 g/mol. The molecule has 1 heterocycles. The highest BCUT2D eigenvalue weighted by Crippen LogP contribution is 2.30. The van der Waals surface area contributed by atoms with Crippen molar-refractivity contribution >= 4 is 33.8 Å². The third-order valence-corrected chi connectivity index (χ3v) is 4.37. The van der Waals surface area contributed by atoms with Crippen LogP contribution in [0.15, 0.2) is 41.5 Å². The van der Waals surface area contributed by atoms with E-state index in [2.05, 4.69) is 47.8 Å². The molecule has 2 amide bonds. The van der Waals surface area contributed by atoms with Gasteiger partial charge in [-0.05, 0) is 45.4 Å². The number of nitrogens with zero attached hydrogens (tertiary/aromatic N) is 1. The number of rotatable bonds is 6. The lowest BCUT2D eigenvalue weighted by Gasteiger charge is -2.22. The first-order valence-electron chi connectivity index (χ1n) is 8.93. The lowest BCUT2D eigenvalue weighted by molar-refractivity contribution is 0.0502. The summed E-state index contributed by atoms with van der Waals surface area (Å²) >= 11 is 3.50. The van der Waals surface area contributed by atoms with E-state index in [4.69, 9.17) is 4.74 Å². The molecule has 0 radical (unpaired) electrons. The van der Waals surface area contributed by atoms with Gasteiger partial charge in [-0.3, -0.25) is 5.32 Å². The molecule has 0 fully saturated rings. The molecule has 1 aromatic carbocycles. The number of hydrogen-bond acceptors (Lipinski definition) is 5. The van der Waals surface area contributed by atoms with E-state index in [-0.39, 0.29) is 0 Å². The first-order chi connectivity index (χ1) is 13.6. The van der Waals surface area contributed by atoms with Gasteiger partial charge in [0.15, 0.2) is 0 Å². The van der Waals surface area contributed by atoms with Crippen molar-refractivity contribution in [2.24, 2.45) is 0 Å². The fourth-order valence-corrected chi connectivity index (χ4v) is 3.08. The van der Waals surface area contributed by atoms with Crippen LogP contribution in [-0.4, -0.2) is 34.9 Å². The number of aromatic amines is 1. The maximum absolute atomic E-state index is 12.1. The average Bonchev–Trinajstić information content (AvgIpc) is 3.09. The normalized spacial score (nSPS) is 12.0. The molecule has 0 aliphatic rings. The van der Waals surface area contributed by atoms with Crippen molar-refractivity contribution in [3.63, 3.8) is 0 Å². The Morgan fingerprint density at radius 2 is 2.07 bits per heavy atom. The van der Waals surface area contributed by atoms with Crippen molar-refractivity contribution in [3.8, 4) is 11.3 Å². The monoisotopic (exact) mass is 464 g/mol. The molecule has 2 aromatic rings. The van der Waals surface area contributed by atoms with Gasteiger partial charge in [0.1, 0.15) is 11.4 Å². The van der Waals surface area contributed by atoms with Gasteiger partial charge in [-0.15, -0.1) is 6.58 Å². The van der Waals surface area contributed by atoms with E-state index in [0.717, 1.165) is 15.7 Å². The first kappa shape index (κ1) is 22.5. The summed E-state index contributed by atoms with van der Waals surface area (Å²) < 4.78 is 10.7. The number of imidazole rings is 1. The predicted molar refractivity (Wildman–Crippen MR) is 115 cm³/mol. The fourth-order valence-electron chi connectivity index (χ4n) is 2.49. The first-order valence-corrected chi connectivity index (χ1v) is 9.72. The minimum atomic E-state index is -0.595. The SMILES string of the molecule is C=CC[C@H](NC(=O)OC(C)(C)C)c1ncc(-c2ccc(NC(=O)OC)cc2Br)[nH]1. The minimum absolute atomic E-state index is 0.407. The lowest BCUT2D eigenvalue weighted by Crippen LogP contribution is -2.35. The highest BCUT2D eigenvalue weighted by Gasteiger charge is 2.22. The van der Waals surface area contributed by atoms with Crippen molar-refractivity contribution in [2.75, 3.05) is 12.4 Å². The number of methoxy groups -OCH3 is 1. The second-order valence-electron chi connectivity index (χ2n) is 7.22. The molecule has 29 heavy (non-hydrogen) atoms. The molecule has 0 bridgehead atoms. The number of H-pyrrole nitrogens is 1. The van der Waals surface area contributed by atoms with Crippen molar-refractivity contribution in [3.05, 3.63) is 47.3 Å². The van der Waals surface area contributed by atoms with E-state index in [1.807, 2.05) is 6.07 Å². The Labute approximate surface area is 178 Å². The summed E-state index contributed by atoms with van der Waals surface area (Å²) in [4.78, 5) is 31.1. The Kier molecular flexibility index (Phi) is 7.44. The van der Waals surface area contributed by atoms with Gasteiger partial charge in [0, 0.05) is 15.7 Å². The largest absolute Gasteiger partial charge is 0.453 e. The third-order valence-electron chi connectivity index (χ3n) is 3.71. The maximum atomic E-state index is 12.1. The van der Waals surface area contributed by atoms with Crippen LogP contribution in [0.4, 0.5) is 15.3 Å². The van der Waals surface area contributed by atoms with Gasteiger partial charge in [0.25, 0.3) is 0 Å². The second-order valence-corrected chi connectivity index (χ2v) is 8.07. The van der Waals surface area contributed by atoms with Gasteiger partial charge >= 0.3 is 12.2 Å². The summed E-state index contributed by atoms with van der Waals surface area (Å²) in [6, 6.07) is 4.93. The number of anilines is 1. The number of amides is 2. The molecule has 0 saturated heterocycles. The second kappa shape index (κ2) is 9.60. The van der Waals surface area contributed by atoms with E-state index in [1.165, 1.54) is 7.11 Å². The number of alkyl carbamates (subject to hydrolysis) is 1. The topological polar surface area (TPSA) is 105 Å². The van der Waals surface area contributed by atoms with Crippen LogP contribution >= 0.6 is 15.9 Å². The summed E-state index contributed by atoms with van der Waals surface area (Å²) in [6.07, 6.45) is 2.79. The third kappa shape index (κ3) is 6.63. The zero-order valence-corrected chi connectivity index (χ0v) is 18.4. The van der Waals surface area contributed by atoms with Crippen LogP contribution in [0.25, 0.3) is 11.3 Å². The molecular weight excluding hydrogens is 440 g/mol. The van der Waals surface area contributed by atoms with Crippen LogP contribution in [0.3, 0.4) is 0 Å². The van der Waals surface area contributed by atoms with Gasteiger partial charge in [-0.25, -0.2) is 14.6 Å². The quantitative estimate of drug-likeness (QED) is 0.511. The highest BCUT2D eigenvalue weighted by molar-refractivity contribution is 9.10. The number of aromatic nitrogens is 2. The summed E-state index contributed by atoms with van der Waals surface area (Å²) in [5.41, 5.74) is 1.58. The zero-order chi connectivity index (χ0) is 21.6. The summed E-state index contributed by atoms with van der Waals surface area (Å²) in [6.45, 7) is 9.15. The van der Waals surface area contributed by atoms with Crippen LogP contribution in [0, 0.1) is 0 Å². The zero-order valence-electron chi connectivity index (χ0n) is 16.8. The number of hydrogen-bond donors (Lipinski definition) is 3. The van der Waals surface area contributed by atoms with Crippen LogP contribution in [0.2, 0.25) is 0 Å². The number of carbonyl (C=O) groups excluding carboxylic acids is 2. The van der Waals surface area contributed by atoms with Crippen LogP contribution in [0.1, 0.15) is 39.1 Å². The molecule has 8 nitrogen and oxygen atoms in total. The van der Waals surface area contributed by atoms with Crippen LogP contribution in [0.5, 0.6) is 0 Å². The Bertz CT molecular complexity index is 889. The van der Waals surface area contributed by atoms with Crippen molar-refractivity contribution in [2.45, 2.75) is 38.8 Å². The maximum Gasteiger partial charge on any atom is 0.411 e. The van der Waals surface area contributed by atoms with E-state index in [1.54, 1.807) is 45.2 Å². The van der Waals surface area contributed by atoms with Crippen molar-refractivity contribution in [1.82, 2.24) is 15.3 Å². The number of benzene rings is 1.